The first-order valence-electron chi connectivity index (χ1n) is 10.5. The molecule has 1 aliphatic heterocycles. The van der Waals surface area contributed by atoms with Gasteiger partial charge in [0, 0.05) is 24.6 Å². The summed E-state index contributed by atoms with van der Waals surface area (Å²) in [5, 5.41) is 70.1. The molecular formula is C23H22O13. The molecule has 0 unspecified atom stereocenters. The molecule has 13 nitrogen and oxygen atoms in total. The molecule has 7 N–H and O–H groups in total. The van der Waals surface area contributed by atoms with Crippen LogP contribution in [0.15, 0.2) is 39.5 Å². The Kier molecular flexibility index (Phi) is 6.65. The van der Waals surface area contributed by atoms with Gasteiger partial charge in [0.15, 0.2) is 17.3 Å². The summed E-state index contributed by atoms with van der Waals surface area (Å²) in [5.41, 5.74) is -1.24. The van der Waals surface area contributed by atoms with Crippen molar-refractivity contribution >= 4 is 16.9 Å². The number of benzene rings is 2. The molecule has 1 fully saturated rings. The SMILES string of the molecule is CC(=O)OC[C@@H]1O[C@@H](Oc2c(-c3ccc(O)c(O)c3)oc3cc(O)cc(O)c3c2=O)[C@@H](O)[C@@H](O)[C@H]1O. The fourth-order valence-corrected chi connectivity index (χ4v) is 3.70. The number of hydrogen-bond donors (Lipinski definition) is 7. The van der Waals surface area contributed by atoms with Crippen molar-refractivity contribution in [2.45, 2.75) is 37.6 Å². The lowest BCUT2D eigenvalue weighted by atomic mass is 9.99. The molecule has 0 saturated carbocycles. The van der Waals surface area contributed by atoms with E-state index in [2.05, 4.69) is 0 Å². The van der Waals surface area contributed by atoms with Crippen molar-refractivity contribution in [1.29, 1.82) is 0 Å². The molecule has 0 aliphatic carbocycles. The quantitative estimate of drug-likeness (QED) is 0.180. The molecule has 0 spiro atoms. The van der Waals surface area contributed by atoms with E-state index in [1.54, 1.807) is 0 Å². The van der Waals surface area contributed by atoms with E-state index in [4.69, 9.17) is 18.6 Å². The highest BCUT2D eigenvalue weighted by molar-refractivity contribution is 5.88. The third-order valence-electron chi connectivity index (χ3n) is 5.51. The Morgan fingerprint density at radius 2 is 1.67 bits per heavy atom. The second-order valence-corrected chi connectivity index (χ2v) is 8.07. The minimum Gasteiger partial charge on any atom is -0.508 e. The number of hydrogen-bond acceptors (Lipinski definition) is 13. The topological polar surface area (TPSA) is 217 Å². The van der Waals surface area contributed by atoms with Crippen LogP contribution in [0.4, 0.5) is 0 Å². The van der Waals surface area contributed by atoms with Crippen molar-refractivity contribution in [3.63, 3.8) is 0 Å². The average molecular weight is 506 g/mol. The molecule has 4 rings (SSSR count). The number of phenolic OH excluding ortho intramolecular Hbond substituents is 4. The molecule has 0 radical (unpaired) electrons. The van der Waals surface area contributed by atoms with Gasteiger partial charge in [0.1, 0.15) is 53.5 Å². The summed E-state index contributed by atoms with van der Waals surface area (Å²) in [6, 6.07) is 5.32. The molecule has 192 valence electrons. The van der Waals surface area contributed by atoms with Crippen molar-refractivity contribution in [3.05, 3.63) is 40.6 Å². The van der Waals surface area contributed by atoms with Gasteiger partial charge in [-0.05, 0) is 18.2 Å². The number of rotatable bonds is 5. The lowest BCUT2D eigenvalue weighted by molar-refractivity contribution is -0.278. The Labute approximate surface area is 201 Å². The van der Waals surface area contributed by atoms with Crippen LogP contribution in [-0.4, -0.2) is 79.0 Å². The first-order chi connectivity index (χ1) is 17.0. The highest BCUT2D eigenvalue weighted by Gasteiger charge is 2.46. The van der Waals surface area contributed by atoms with E-state index < -0.39 is 82.8 Å². The smallest absolute Gasteiger partial charge is 0.302 e. The standard InChI is InChI=1S/C23H22O13/c1-8(24)33-7-15-17(29)19(31)20(32)23(35-15)36-22-18(30)16-13(28)5-10(25)6-14(16)34-21(22)9-2-3-11(26)12(27)4-9/h2-6,15,17,19-20,23,25-29,31-32H,7H2,1H3/t15-,17-,19-,20-,23-/m0/s1. The Morgan fingerprint density at radius 1 is 0.944 bits per heavy atom. The number of aliphatic hydroxyl groups excluding tert-OH is 3. The number of aliphatic hydroxyl groups is 3. The maximum atomic E-state index is 13.4. The van der Waals surface area contributed by atoms with Crippen LogP contribution in [-0.2, 0) is 14.3 Å². The van der Waals surface area contributed by atoms with Gasteiger partial charge in [-0.2, -0.15) is 0 Å². The third-order valence-corrected chi connectivity index (χ3v) is 5.51. The zero-order chi connectivity index (χ0) is 26.3. The second-order valence-electron chi connectivity index (χ2n) is 8.07. The van der Waals surface area contributed by atoms with Crippen LogP contribution in [0.25, 0.3) is 22.3 Å². The third kappa shape index (κ3) is 4.59. The molecule has 1 aromatic heterocycles. The Morgan fingerprint density at radius 3 is 2.33 bits per heavy atom. The summed E-state index contributed by atoms with van der Waals surface area (Å²) in [5.74, 6) is -3.84. The number of fused-ring (bicyclic) bond motifs is 1. The predicted octanol–water partition coefficient (Wildman–Crippen LogP) is 0.0319. The number of aromatic hydroxyl groups is 4. The van der Waals surface area contributed by atoms with E-state index in [-0.39, 0.29) is 16.9 Å². The molecule has 2 aromatic carbocycles. The van der Waals surface area contributed by atoms with Gasteiger partial charge in [0.2, 0.25) is 17.5 Å². The Bertz CT molecular complexity index is 1360. The fourth-order valence-electron chi connectivity index (χ4n) is 3.70. The maximum absolute atomic E-state index is 13.4. The van der Waals surface area contributed by atoms with Crippen molar-refractivity contribution in [2.24, 2.45) is 0 Å². The van der Waals surface area contributed by atoms with Crippen LogP contribution in [0.1, 0.15) is 6.92 Å². The van der Waals surface area contributed by atoms with Crippen LogP contribution < -0.4 is 10.2 Å². The average Bonchev–Trinajstić information content (AvgIpc) is 2.81. The summed E-state index contributed by atoms with van der Waals surface area (Å²) >= 11 is 0. The number of ether oxygens (including phenoxy) is 3. The summed E-state index contributed by atoms with van der Waals surface area (Å²) < 4.78 is 21.5. The first-order valence-corrected chi connectivity index (χ1v) is 10.5. The first kappa shape index (κ1) is 25.1. The number of phenols is 4. The van der Waals surface area contributed by atoms with E-state index >= 15 is 0 Å². The van der Waals surface area contributed by atoms with Crippen LogP contribution in [0, 0.1) is 0 Å². The van der Waals surface area contributed by atoms with E-state index in [9.17, 15) is 45.3 Å². The van der Waals surface area contributed by atoms with E-state index in [0.29, 0.717) is 0 Å². The van der Waals surface area contributed by atoms with Crippen LogP contribution >= 0.6 is 0 Å². The zero-order valence-corrected chi connectivity index (χ0v) is 18.6. The normalized spacial score (nSPS) is 23.9. The summed E-state index contributed by atoms with van der Waals surface area (Å²) in [4.78, 5) is 24.5. The molecule has 5 atom stereocenters. The zero-order valence-electron chi connectivity index (χ0n) is 18.6. The van der Waals surface area contributed by atoms with Crippen molar-refractivity contribution < 1.29 is 59.2 Å². The van der Waals surface area contributed by atoms with Gasteiger partial charge in [0.25, 0.3) is 0 Å². The summed E-state index contributed by atoms with van der Waals surface area (Å²) in [7, 11) is 0. The minimum atomic E-state index is -1.89. The lowest BCUT2D eigenvalue weighted by Gasteiger charge is -2.39. The number of carbonyl (C=O) groups is 1. The van der Waals surface area contributed by atoms with Crippen LogP contribution in [0.5, 0.6) is 28.7 Å². The van der Waals surface area contributed by atoms with E-state index in [1.165, 1.54) is 6.07 Å². The van der Waals surface area contributed by atoms with Gasteiger partial charge in [-0.1, -0.05) is 0 Å². The molecule has 0 bridgehead atoms. The number of esters is 1. The minimum absolute atomic E-state index is 0.00415. The molecule has 1 aliphatic rings. The summed E-state index contributed by atoms with van der Waals surface area (Å²) in [6.07, 6.45) is -8.54. The molecule has 0 amide bonds. The van der Waals surface area contributed by atoms with Crippen molar-refractivity contribution in [1.82, 2.24) is 0 Å². The van der Waals surface area contributed by atoms with Crippen LogP contribution in [0.2, 0.25) is 0 Å². The number of carbonyl (C=O) groups excluding carboxylic acids is 1. The largest absolute Gasteiger partial charge is 0.508 e. The van der Waals surface area contributed by atoms with Gasteiger partial charge in [-0.25, -0.2) is 0 Å². The van der Waals surface area contributed by atoms with Gasteiger partial charge in [-0.15, -0.1) is 0 Å². The van der Waals surface area contributed by atoms with Gasteiger partial charge < -0.3 is 54.4 Å². The van der Waals surface area contributed by atoms with E-state index in [1.807, 2.05) is 0 Å². The monoisotopic (exact) mass is 506 g/mol. The highest BCUT2D eigenvalue weighted by atomic mass is 16.7. The maximum Gasteiger partial charge on any atom is 0.302 e. The van der Waals surface area contributed by atoms with Crippen molar-refractivity contribution in [2.75, 3.05) is 6.61 Å². The second kappa shape index (κ2) is 9.54. The van der Waals surface area contributed by atoms with Crippen molar-refractivity contribution in [3.8, 4) is 40.1 Å². The molecule has 13 heteroatoms. The molecule has 2 heterocycles. The van der Waals surface area contributed by atoms with Gasteiger partial charge >= 0.3 is 5.97 Å². The Hall–Kier alpha value is -4.04. The van der Waals surface area contributed by atoms with Gasteiger partial charge in [0.05, 0.1) is 0 Å². The summed E-state index contributed by atoms with van der Waals surface area (Å²) in [6.45, 7) is 0.601. The fraction of sp³-hybridized carbons (Fsp3) is 0.304. The molecule has 1 saturated heterocycles. The van der Waals surface area contributed by atoms with E-state index in [0.717, 1.165) is 31.2 Å². The van der Waals surface area contributed by atoms with Gasteiger partial charge in [-0.3, -0.25) is 9.59 Å². The van der Waals surface area contributed by atoms with Crippen LogP contribution in [0.3, 0.4) is 0 Å². The molecular weight excluding hydrogens is 484 g/mol. The lowest BCUT2D eigenvalue weighted by Crippen LogP contribution is -2.60. The molecule has 3 aromatic rings. The Balaban J connectivity index is 1.84. The molecule has 36 heavy (non-hydrogen) atoms. The highest BCUT2D eigenvalue weighted by Crippen LogP contribution is 2.39. The predicted molar refractivity (Wildman–Crippen MR) is 119 cm³/mol.